The van der Waals surface area contributed by atoms with Gasteiger partial charge in [0.15, 0.2) is 0 Å². The molecule has 0 aromatic carbocycles. The predicted molar refractivity (Wildman–Crippen MR) is 65.7 cm³/mol. The van der Waals surface area contributed by atoms with E-state index in [-0.39, 0.29) is 5.75 Å². The molecule has 0 amide bonds. The summed E-state index contributed by atoms with van der Waals surface area (Å²) in [5, 5.41) is 8.26. The van der Waals surface area contributed by atoms with Gasteiger partial charge in [-0.2, -0.15) is 0 Å². The van der Waals surface area contributed by atoms with Gasteiger partial charge in [-0.1, -0.05) is 0 Å². The number of nitrogens with zero attached hydrogens (tertiary/aromatic N) is 1. The Bertz CT molecular complexity index is 297. The highest BCUT2D eigenvalue weighted by atomic mass is 32.2. The van der Waals surface area contributed by atoms with Crippen LogP contribution in [0.5, 0.6) is 0 Å². The van der Waals surface area contributed by atoms with Crippen LogP contribution in [0, 0.1) is 5.92 Å². The molecule has 6 heteroatoms. The van der Waals surface area contributed by atoms with Crippen molar-refractivity contribution >= 4 is 10.0 Å². The summed E-state index contributed by atoms with van der Waals surface area (Å²) in [7, 11) is -1.33. The molecule has 5 nitrogen and oxygen atoms in total. The molecule has 1 saturated heterocycles. The molecule has 0 aliphatic carbocycles. The van der Waals surface area contributed by atoms with Crippen LogP contribution in [0.4, 0.5) is 0 Å². The monoisotopic (exact) mass is 249 g/mol. The zero-order chi connectivity index (χ0) is 12.2. The van der Waals surface area contributed by atoms with E-state index >= 15 is 0 Å². The molecule has 3 N–H and O–H groups in total. The molecule has 1 atom stereocenters. The van der Waals surface area contributed by atoms with Crippen molar-refractivity contribution in [2.45, 2.75) is 25.8 Å². The summed E-state index contributed by atoms with van der Waals surface area (Å²) in [5.74, 6) is 0.773. The minimum atomic E-state index is -3.31. The maximum atomic E-state index is 10.8. The second kappa shape index (κ2) is 5.95. The van der Waals surface area contributed by atoms with E-state index in [1.807, 2.05) is 7.05 Å². The molecule has 1 heterocycles. The van der Waals surface area contributed by atoms with Crippen LogP contribution in [0.25, 0.3) is 0 Å². The number of hydrogen-bond donors (Lipinski definition) is 2. The van der Waals surface area contributed by atoms with Crippen molar-refractivity contribution in [3.8, 4) is 0 Å². The Labute approximate surface area is 98.4 Å². The number of sulfonamides is 1. The highest BCUT2D eigenvalue weighted by Crippen LogP contribution is 2.20. The smallest absolute Gasteiger partial charge is 0.210 e. The number of rotatable bonds is 5. The second-order valence-electron chi connectivity index (χ2n) is 4.62. The van der Waals surface area contributed by atoms with Crippen LogP contribution in [-0.2, 0) is 10.0 Å². The predicted octanol–water partition coefficient (Wildman–Crippen LogP) is -0.405. The number of hydrogen-bond acceptors (Lipinski definition) is 4. The SMILES string of the molecule is CNC(C)C1CCN(CCS(N)(=O)=O)CC1. The molecule has 1 rings (SSSR count). The standard InChI is InChI=1S/C10H23N3O2S/c1-9(12-2)10-3-5-13(6-4-10)7-8-16(11,14)15/h9-10,12H,3-8H2,1-2H3,(H2,11,14,15). The normalized spacial score (nSPS) is 22.2. The van der Waals surface area contributed by atoms with Crippen molar-refractivity contribution in [3.05, 3.63) is 0 Å². The highest BCUT2D eigenvalue weighted by molar-refractivity contribution is 7.89. The molecule has 1 unspecified atom stereocenters. The van der Waals surface area contributed by atoms with E-state index < -0.39 is 10.0 Å². The third-order valence-corrected chi connectivity index (χ3v) is 4.24. The van der Waals surface area contributed by atoms with Crippen LogP contribution in [0.2, 0.25) is 0 Å². The van der Waals surface area contributed by atoms with Gasteiger partial charge in [-0.05, 0) is 45.8 Å². The molecular weight excluding hydrogens is 226 g/mol. The Balaban J connectivity index is 2.27. The van der Waals surface area contributed by atoms with Gasteiger partial charge in [0.25, 0.3) is 0 Å². The number of nitrogens with one attached hydrogen (secondary N) is 1. The Morgan fingerprint density at radius 1 is 1.44 bits per heavy atom. The molecule has 0 bridgehead atoms. The fourth-order valence-corrected chi connectivity index (χ4v) is 2.68. The Hall–Kier alpha value is -0.170. The van der Waals surface area contributed by atoms with E-state index in [0.29, 0.717) is 18.5 Å². The highest BCUT2D eigenvalue weighted by Gasteiger charge is 2.23. The molecule has 96 valence electrons. The molecule has 1 aliphatic rings. The molecule has 0 aromatic heterocycles. The first-order chi connectivity index (χ1) is 7.42. The van der Waals surface area contributed by atoms with Gasteiger partial charge in [0.2, 0.25) is 10.0 Å². The molecule has 0 saturated carbocycles. The third kappa shape index (κ3) is 4.78. The lowest BCUT2D eigenvalue weighted by molar-refractivity contribution is 0.172. The van der Waals surface area contributed by atoms with Gasteiger partial charge in [0.1, 0.15) is 0 Å². The quantitative estimate of drug-likeness (QED) is 0.695. The fraction of sp³-hybridized carbons (Fsp3) is 1.00. The summed E-state index contributed by atoms with van der Waals surface area (Å²) < 4.78 is 21.7. The van der Waals surface area contributed by atoms with Crippen LogP contribution >= 0.6 is 0 Å². The lowest BCUT2D eigenvalue weighted by Crippen LogP contribution is -2.42. The molecule has 0 aromatic rings. The zero-order valence-electron chi connectivity index (χ0n) is 10.1. The Morgan fingerprint density at radius 3 is 2.44 bits per heavy atom. The van der Waals surface area contributed by atoms with Crippen molar-refractivity contribution < 1.29 is 8.42 Å². The lowest BCUT2D eigenvalue weighted by atomic mass is 9.90. The number of piperidine rings is 1. The first kappa shape index (κ1) is 13.9. The lowest BCUT2D eigenvalue weighted by Gasteiger charge is -2.34. The first-order valence-corrected chi connectivity index (χ1v) is 7.54. The largest absolute Gasteiger partial charge is 0.317 e. The van der Waals surface area contributed by atoms with Crippen molar-refractivity contribution in [2.75, 3.05) is 32.4 Å². The maximum Gasteiger partial charge on any atom is 0.210 e. The first-order valence-electron chi connectivity index (χ1n) is 5.82. The van der Waals surface area contributed by atoms with Crippen molar-refractivity contribution in [3.63, 3.8) is 0 Å². The minimum Gasteiger partial charge on any atom is -0.317 e. The molecule has 0 radical (unpaired) electrons. The molecule has 16 heavy (non-hydrogen) atoms. The van der Waals surface area contributed by atoms with Crippen molar-refractivity contribution in [1.82, 2.24) is 10.2 Å². The molecule has 0 spiro atoms. The van der Waals surface area contributed by atoms with Crippen molar-refractivity contribution in [1.29, 1.82) is 0 Å². The van der Waals surface area contributed by atoms with Crippen molar-refractivity contribution in [2.24, 2.45) is 11.1 Å². The number of likely N-dealkylation sites (tertiary alicyclic amines) is 1. The topological polar surface area (TPSA) is 75.4 Å². The zero-order valence-corrected chi connectivity index (χ0v) is 11.0. The van der Waals surface area contributed by atoms with E-state index in [4.69, 9.17) is 5.14 Å². The third-order valence-electron chi connectivity index (χ3n) is 3.49. The van der Waals surface area contributed by atoms with Gasteiger partial charge in [-0.25, -0.2) is 13.6 Å². The summed E-state index contributed by atoms with van der Waals surface area (Å²) in [4.78, 5) is 2.18. The van der Waals surface area contributed by atoms with Crippen LogP contribution < -0.4 is 10.5 Å². The average molecular weight is 249 g/mol. The van der Waals surface area contributed by atoms with Gasteiger partial charge in [0, 0.05) is 12.6 Å². The summed E-state index contributed by atoms with van der Waals surface area (Å²) in [6.45, 7) is 4.72. The fourth-order valence-electron chi connectivity index (χ4n) is 2.17. The van der Waals surface area contributed by atoms with Crippen LogP contribution in [0.15, 0.2) is 0 Å². The summed E-state index contributed by atoms with van der Waals surface area (Å²) in [6, 6.07) is 0.542. The Kier molecular flexibility index (Phi) is 5.17. The van der Waals surface area contributed by atoms with E-state index in [0.717, 1.165) is 25.9 Å². The van der Waals surface area contributed by atoms with E-state index in [2.05, 4.69) is 17.1 Å². The van der Waals surface area contributed by atoms with E-state index in [1.54, 1.807) is 0 Å². The number of primary sulfonamides is 1. The van der Waals surface area contributed by atoms with Gasteiger partial charge in [-0.3, -0.25) is 0 Å². The maximum absolute atomic E-state index is 10.8. The summed E-state index contributed by atoms with van der Waals surface area (Å²) in [6.07, 6.45) is 2.26. The second-order valence-corrected chi connectivity index (χ2v) is 6.36. The van der Waals surface area contributed by atoms with Crippen LogP contribution in [-0.4, -0.2) is 51.8 Å². The Morgan fingerprint density at radius 2 is 2.00 bits per heavy atom. The summed E-state index contributed by atoms with van der Waals surface area (Å²) in [5.41, 5.74) is 0. The van der Waals surface area contributed by atoms with Crippen LogP contribution in [0.3, 0.4) is 0 Å². The van der Waals surface area contributed by atoms with Gasteiger partial charge in [0.05, 0.1) is 5.75 Å². The average Bonchev–Trinajstić information content (AvgIpc) is 2.25. The van der Waals surface area contributed by atoms with Gasteiger partial charge < -0.3 is 10.2 Å². The van der Waals surface area contributed by atoms with E-state index in [9.17, 15) is 8.42 Å². The molecule has 1 aliphatic heterocycles. The van der Waals surface area contributed by atoms with Crippen LogP contribution in [0.1, 0.15) is 19.8 Å². The minimum absolute atomic E-state index is 0.0687. The van der Waals surface area contributed by atoms with Gasteiger partial charge in [-0.15, -0.1) is 0 Å². The summed E-state index contributed by atoms with van der Waals surface area (Å²) >= 11 is 0. The molecule has 1 fully saturated rings. The van der Waals surface area contributed by atoms with Gasteiger partial charge >= 0.3 is 0 Å². The molecular formula is C10H23N3O2S. The van der Waals surface area contributed by atoms with E-state index in [1.165, 1.54) is 0 Å². The number of nitrogens with two attached hydrogens (primary N) is 1.